The van der Waals surface area contributed by atoms with Crippen molar-refractivity contribution in [3.05, 3.63) is 245 Å². The van der Waals surface area contributed by atoms with Crippen molar-refractivity contribution in [2.45, 2.75) is 95.3 Å². The highest BCUT2D eigenvalue weighted by Crippen LogP contribution is 2.63. The van der Waals surface area contributed by atoms with E-state index in [1.807, 2.05) is 0 Å². The summed E-state index contributed by atoms with van der Waals surface area (Å²) in [5.74, 6) is 1.40. The van der Waals surface area contributed by atoms with Gasteiger partial charge in [0.05, 0.1) is 5.41 Å². The maximum absolute atomic E-state index is 2.52. The molecule has 0 heterocycles. The van der Waals surface area contributed by atoms with E-state index < -0.39 is 5.41 Å². The first-order chi connectivity index (χ1) is 34.5. The van der Waals surface area contributed by atoms with Gasteiger partial charge in [0, 0.05) is 17.1 Å². The molecule has 4 aliphatic carbocycles. The van der Waals surface area contributed by atoms with Crippen LogP contribution in [-0.4, -0.2) is 0 Å². The Morgan fingerprint density at radius 2 is 0.686 bits per heavy atom. The van der Waals surface area contributed by atoms with Gasteiger partial charge in [-0.15, -0.1) is 0 Å². The molecule has 0 radical (unpaired) electrons. The van der Waals surface area contributed by atoms with Crippen LogP contribution in [0.2, 0.25) is 0 Å². The van der Waals surface area contributed by atoms with Gasteiger partial charge in [0.1, 0.15) is 0 Å². The molecule has 0 N–H and O–H groups in total. The van der Waals surface area contributed by atoms with Crippen LogP contribution in [0.5, 0.6) is 0 Å². The molecular weight excluding hydrogens is 843 g/mol. The van der Waals surface area contributed by atoms with Crippen LogP contribution in [0.4, 0.5) is 17.1 Å². The minimum atomic E-state index is -0.438. The molecule has 1 spiro atoms. The number of aryl methyl sites for hydroxylation is 2. The second-order valence-corrected chi connectivity index (χ2v) is 21.0. The quantitative estimate of drug-likeness (QED) is 0.147. The second-order valence-electron chi connectivity index (χ2n) is 21.0. The maximum atomic E-state index is 2.52. The predicted molar refractivity (Wildman–Crippen MR) is 295 cm³/mol. The number of hydrogen-bond donors (Lipinski definition) is 0. The molecular formula is C69H61N. The van der Waals surface area contributed by atoms with Gasteiger partial charge >= 0.3 is 0 Å². The minimum absolute atomic E-state index is 0.438. The lowest BCUT2D eigenvalue weighted by Crippen LogP contribution is -2.26. The molecule has 1 nitrogen and oxygen atoms in total. The molecule has 70 heavy (non-hydrogen) atoms. The van der Waals surface area contributed by atoms with Gasteiger partial charge in [-0.3, -0.25) is 0 Å². The van der Waals surface area contributed by atoms with Crippen molar-refractivity contribution in [3.8, 4) is 55.6 Å². The summed E-state index contributed by atoms with van der Waals surface area (Å²) < 4.78 is 0. The molecule has 1 heteroatoms. The van der Waals surface area contributed by atoms with E-state index in [4.69, 9.17) is 0 Å². The number of benzene rings is 9. The zero-order valence-corrected chi connectivity index (χ0v) is 40.7. The molecule has 9 aromatic rings. The van der Waals surface area contributed by atoms with Crippen LogP contribution in [0, 0.1) is 13.8 Å². The van der Waals surface area contributed by atoms with E-state index in [1.165, 1.54) is 164 Å². The summed E-state index contributed by atoms with van der Waals surface area (Å²) >= 11 is 0. The average molecular weight is 904 g/mol. The van der Waals surface area contributed by atoms with E-state index in [9.17, 15) is 0 Å². The van der Waals surface area contributed by atoms with Gasteiger partial charge in [-0.1, -0.05) is 213 Å². The van der Waals surface area contributed by atoms with Crippen molar-refractivity contribution in [3.63, 3.8) is 0 Å². The highest BCUT2D eigenvalue weighted by molar-refractivity contribution is 5.97. The Morgan fingerprint density at radius 1 is 0.314 bits per heavy atom. The van der Waals surface area contributed by atoms with Crippen LogP contribution in [0.25, 0.3) is 55.6 Å². The minimum Gasteiger partial charge on any atom is -0.310 e. The highest BCUT2D eigenvalue weighted by atomic mass is 15.1. The van der Waals surface area contributed by atoms with Crippen LogP contribution in [0.15, 0.2) is 200 Å². The molecule has 0 aromatic heterocycles. The third kappa shape index (κ3) is 7.19. The summed E-state index contributed by atoms with van der Waals surface area (Å²) in [6.45, 7) is 4.49. The van der Waals surface area contributed by atoms with Crippen molar-refractivity contribution in [1.82, 2.24) is 0 Å². The topological polar surface area (TPSA) is 3.24 Å². The van der Waals surface area contributed by atoms with Gasteiger partial charge in [-0.25, -0.2) is 0 Å². The van der Waals surface area contributed by atoms with Crippen molar-refractivity contribution >= 4 is 17.1 Å². The standard InChI is InChI=1S/C69H61N/c1-46-21-40-62-63-41-22-47(2)44-67(63)69(66(62)43-46)65-20-12-11-19-61(65)64-42-39-58(45-68(64)69)70(56-35-31-53(32-36-56)52-25-23-50(24-26-52)48-13-5-3-6-14-48)57-37-33-55(34-38-57)60-18-10-9-17-59(60)54-29-27-51(28-30-54)49-15-7-4-8-16-49/h9-12,17-45,48-49H,3-8,13-16H2,1-2H3. The largest absolute Gasteiger partial charge is 0.310 e. The van der Waals surface area contributed by atoms with E-state index in [2.05, 4.69) is 219 Å². The average Bonchev–Trinajstić information content (AvgIpc) is 3.88. The molecule has 9 aromatic carbocycles. The van der Waals surface area contributed by atoms with Crippen molar-refractivity contribution in [1.29, 1.82) is 0 Å². The molecule has 4 aliphatic rings. The van der Waals surface area contributed by atoms with Crippen molar-refractivity contribution < 1.29 is 0 Å². The van der Waals surface area contributed by atoms with E-state index in [0.717, 1.165) is 17.1 Å². The Morgan fingerprint density at radius 3 is 1.19 bits per heavy atom. The lowest BCUT2D eigenvalue weighted by molar-refractivity contribution is 0.443. The molecule has 342 valence electrons. The molecule has 2 fully saturated rings. The number of anilines is 3. The molecule has 0 bridgehead atoms. The number of hydrogen-bond acceptors (Lipinski definition) is 1. The first kappa shape index (κ1) is 42.8. The number of rotatable bonds is 8. The Bertz CT molecular complexity index is 3330. The van der Waals surface area contributed by atoms with E-state index >= 15 is 0 Å². The van der Waals surface area contributed by atoms with E-state index in [0.29, 0.717) is 11.8 Å². The Hall–Kier alpha value is -7.22. The predicted octanol–water partition coefficient (Wildman–Crippen LogP) is 19.2. The summed E-state index contributed by atoms with van der Waals surface area (Å²) in [6, 6.07) is 77.2. The van der Waals surface area contributed by atoms with Crippen LogP contribution in [-0.2, 0) is 5.41 Å². The Kier molecular flexibility index (Phi) is 10.8. The first-order valence-electron chi connectivity index (χ1n) is 26.3. The fourth-order valence-corrected chi connectivity index (χ4v) is 13.3. The SMILES string of the molecule is Cc1ccc2c(c1)C1(c3ccccc3-c3ccc(N(c4ccc(-c5ccc(C6CCCCC6)cc5)cc4)c4ccc(-c5ccccc5-c5ccc(C6CCCCC6)cc5)cc4)cc31)c1cc(C)ccc1-2. The van der Waals surface area contributed by atoms with Gasteiger partial charge in [0.2, 0.25) is 0 Å². The zero-order chi connectivity index (χ0) is 46.8. The molecule has 0 atom stereocenters. The summed E-state index contributed by atoms with van der Waals surface area (Å²) in [5, 5.41) is 0. The normalized spacial score (nSPS) is 15.9. The first-order valence-corrected chi connectivity index (χ1v) is 26.3. The Balaban J connectivity index is 0.926. The third-order valence-corrected chi connectivity index (χ3v) is 16.8. The second kappa shape index (κ2) is 17.6. The molecule has 0 saturated heterocycles. The van der Waals surface area contributed by atoms with Crippen LogP contribution in [0.1, 0.15) is 121 Å². The van der Waals surface area contributed by atoms with Crippen LogP contribution < -0.4 is 4.90 Å². The molecule has 2 saturated carbocycles. The fourth-order valence-electron chi connectivity index (χ4n) is 13.3. The maximum Gasteiger partial charge on any atom is 0.0726 e. The Labute approximate surface area is 415 Å². The zero-order valence-electron chi connectivity index (χ0n) is 40.7. The van der Waals surface area contributed by atoms with Gasteiger partial charge in [0.25, 0.3) is 0 Å². The van der Waals surface area contributed by atoms with Crippen molar-refractivity contribution in [2.24, 2.45) is 0 Å². The summed E-state index contributed by atoms with van der Waals surface area (Å²) in [4.78, 5) is 2.48. The summed E-state index contributed by atoms with van der Waals surface area (Å²) in [6.07, 6.45) is 13.5. The van der Waals surface area contributed by atoms with Crippen LogP contribution in [0.3, 0.4) is 0 Å². The van der Waals surface area contributed by atoms with Crippen LogP contribution >= 0.6 is 0 Å². The highest BCUT2D eigenvalue weighted by Gasteiger charge is 2.52. The van der Waals surface area contributed by atoms with Gasteiger partial charge in [-0.2, -0.15) is 0 Å². The lowest BCUT2D eigenvalue weighted by atomic mass is 9.70. The third-order valence-electron chi connectivity index (χ3n) is 16.8. The summed E-state index contributed by atoms with van der Waals surface area (Å²) in [5.41, 5.74) is 26.9. The van der Waals surface area contributed by atoms with E-state index in [1.54, 1.807) is 0 Å². The smallest absolute Gasteiger partial charge is 0.0726 e. The fraction of sp³-hybridized carbons (Fsp3) is 0.217. The monoisotopic (exact) mass is 903 g/mol. The van der Waals surface area contributed by atoms with Gasteiger partial charge in [-0.05, 0) is 177 Å². The summed E-state index contributed by atoms with van der Waals surface area (Å²) in [7, 11) is 0. The molecule has 0 unspecified atom stereocenters. The van der Waals surface area contributed by atoms with Gasteiger partial charge in [0.15, 0.2) is 0 Å². The molecule has 0 amide bonds. The number of nitrogens with zero attached hydrogens (tertiary/aromatic N) is 1. The molecule has 13 rings (SSSR count). The number of fused-ring (bicyclic) bond motifs is 10. The van der Waals surface area contributed by atoms with E-state index in [-0.39, 0.29) is 0 Å². The lowest BCUT2D eigenvalue weighted by Gasteiger charge is -2.32. The van der Waals surface area contributed by atoms with Gasteiger partial charge < -0.3 is 4.90 Å². The van der Waals surface area contributed by atoms with Crippen molar-refractivity contribution in [2.75, 3.05) is 4.90 Å². The molecule has 0 aliphatic heterocycles.